The smallest absolute Gasteiger partial charge is 0.331 e. The SMILES string of the molecule is C.COC(=O)C12CC(C)CC(C1)N2C(=O)c1ccccn1. The monoisotopic (exact) mass is 290 g/mol. The first kappa shape index (κ1) is 15.5. The zero-order valence-electron chi connectivity index (χ0n) is 11.7. The standard InChI is InChI=1S/C15H18N2O3.CH4/c1-10-7-11-9-15(8-10,14(19)20-2)17(11)13(18)12-5-3-4-6-16-12;/h3-6,10-11H,7-9H2,1-2H3;1H4. The fourth-order valence-electron chi connectivity index (χ4n) is 3.74. The molecule has 0 spiro atoms. The topological polar surface area (TPSA) is 59.5 Å². The summed E-state index contributed by atoms with van der Waals surface area (Å²) < 4.78 is 4.94. The van der Waals surface area contributed by atoms with E-state index in [1.807, 2.05) is 0 Å². The minimum Gasteiger partial charge on any atom is -0.467 e. The van der Waals surface area contributed by atoms with Crippen molar-refractivity contribution < 1.29 is 14.3 Å². The summed E-state index contributed by atoms with van der Waals surface area (Å²) in [5.74, 6) is -0.0376. The molecule has 2 aliphatic rings. The molecule has 5 heteroatoms. The minimum absolute atomic E-state index is 0. The van der Waals surface area contributed by atoms with E-state index in [2.05, 4.69) is 11.9 Å². The lowest BCUT2D eigenvalue weighted by molar-refractivity contribution is -0.178. The van der Waals surface area contributed by atoms with Crippen LogP contribution in [0.15, 0.2) is 24.4 Å². The predicted octanol–water partition coefficient (Wildman–Crippen LogP) is 2.27. The van der Waals surface area contributed by atoms with E-state index in [1.54, 1.807) is 29.3 Å². The Morgan fingerprint density at radius 3 is 2.76 bits per heavy atom. The Bertz CT molecular complexity index is 546. The fraction of sp³-hybridized carbons (Fsp3) is 0.562. The number of aromatic nitrogens is 1. The number of piperidine rings is 1. The predicted molar refractivity (Wildman–Crippen MR) is 78.7 cm³/mol. The van der Waals surface area contributed by atoms with Crippen LogP contribution in [0.5, 0.6) is 0 Å². The number of carbonyl (C=O) groups excluding carboxylic acids is 2. The maximum Gasteiger partial charge on any atom is 0.331 e. The first-order valence-corrected chi connectivity index (χ1v) is 6.91. The first-order valence-electron chi connectivity index (χ1n) is 6.91. The van der Waals surface area contributed by atoms with Gasteiger partial charge in [0.2, 0.25) is 0 Å². The van der Waals surface area contributed by atoms with Gasteiger partial charge >= 0.3 is 5.97 Å². The van der Waals surface area contributed by atoms with Crippen LogP contribution in [0.25, 0.3) is 0 Å². The van der Waals surface area contributed by atoms with Gasteiger partial charge in [0, 0.05) is 18.7 Å². The van der Waals surface area contributed by atoms with Gasteiger partial charge in [-0.25, -0.2) is 4.79 Å². The second-order valence-electron chi connectivity index (χ2n) is 5.82. The normalized spacial score (nSPS) is 29.9. The molecule has 1 amide bonds. The van der Waals surface area contributed by atoms with Crippen LogP contribution in [0, 0.1) is 5.92 Å². The fourth-order valence-corrected chi connectivity index (χ4v) is 3.74. The number of rotatable bonds is 2. The number of methoxy groups -OCH3 is 1. The first-order chi connectivity index (χ1) is 9.58. The summed E-state index contributed by atoms with van der Waals surface area (Å²) in [5.41, 5.74) is -0.383. The number of likely N-dealkylation sites (tertiary alicyclic amines) is 1. The summed E-state index contributed by atoms with van der Waals surface area (Å²) in [6.45, 7) is 2.12. The van der Waals surface area contributed by atoms with Gasteiger partial charge in [-0.3, -0.25) is 9.78 Å². The lowest BCUT2D eigenvalue weighted by Gasteiger charge is -2.61. The Balaban J connectivity index is 0.00000161. The van der Waals surface area contributed by atoms with E-state index in [4.69, 9.17) is 4.74 Å². The van der Waals surface area contributed by atoms with E-state index in [-0.39, 0.29) is 25.3 Å². The highest BCUT2D eigenvalue weighted by molar-refractivity contribution is 5.98. The third-order valence-electron chi connectivity index (χ3n) is 4.43. The molecule has 3 atom stereocenters. The molecule has 2 bridgehead atoms. The highest BCUT2D eigenvalue weighted by Gasteiger charge is 2.63. The molecule has 21 heavy (non-hydrogen) atoms. The Morgan fingerprint density at radius 2 is 2.14 bits per heavy atom. The molecule has 2 fully saturated rings. The molecule has 1 saturated heterocycles. The zero-order chi connectivity index (χ0) is 14.3. The van der Waals surface area contributed by atoms with E-state index >= 15 is 0 Å². The summed E-state index contributed by atoms with van der Waals surface area (Å²) in [5, 5.41) is 0. The third kappa shape index (κ3) is 2.20. The van der Waals surface area contributed by atoms with Crippen molar-refractivity contribution in [2.45, 2.75) is 45.2 Å². The highest BCUT2D eigenvalue weighted by Crippen LogP contribution is 2.50. The number of pyridine rings is 1. The molecule has 2 heterocycles. The molecule has 0 radical (unpaired) electrons. The Labute approximate surface area is 125 Å². The van der Waals surface area contributed by atoms with Crippen LogP contribution < -0.4 is 0 Å². The second-order valence-corrected chi connectivity index (χ2v) is 5.82. The summed E-state index contributed by atoms with van der Waals surface area (Å²) in [6, 6.07) is 5.37. The molecule has 5 nitrogen and oxygen atoms in total. The van der Waals surface area contributed by atoms with Gasteiger partial charge in [0.1, 0.15) is 11.2 Å². The maximum absolute atomic E-state index is 12.6. The van der Waals surface area contributed by atoms with Gasteiger partial charge in [-0.05, 0) is 30.9 Å². The van der Waals surface area contributed by atoms with E-state index in [0.717, 1.165) is 6.42 Å². The largest absolute Gasteiger partial charge is 0.467 e. The zero-order valence-corrected chi connectivity index (χ0v) is 11.7. The number of fused-ring (bicyclic) bond motifs is 2. The Kier molecular flexibility index (Phi) is 4.03. The van der Waals surface area contributed by atoms with Crippen molar-refractivity contribution in [1.29, 1.82) is 0 Å². The number of amides is 1. The van der Waals surface area contributed by atoms with E-state index in [9.17, 15) is 9.59 Å². The van der Waals surface area contributed by atoms with E-state index in [0.29, 0.717) is 24.5 Å². The number of ether oxygens (including phenoxy) is 1. The molecule has 3 rings (SSSR count). The molecular weight excluding hydrogens is 268 g/mol. The van der Waals surface area contributed by atoms with E-state index < -0.39 is 5.54 Å². The molecule has 3 unspecified atom stereocenters. The Morgan fingerprint density at radius 1 is 1.38 bits per heavy atom. The second kappa shape index (κ2) is 5.47. The van der Waals surface area contributed by atoms with Crippen LogP contribution in [0.4, 0.5) is 0 Å². The van der Waals surface area contributed by atoms with Crippen LogP contribution in [0.2, 0.25) is 0 Å². The third-order valence-corrected chi connectivity index (χ3v) is 4.43. The highest BCUT2D eigenvalue weighted by atomic mass is 16.5. The van der Waals surface area contributed by atoms with Crippen molar-refractivity contribution in [3.63, 3.8) is 0 Å². The van der Waals surface area contributed by atoms with Gasteiger partial charge in [0.25, 0.3) is 5.91 Å². The quantitative estimate of drug-likeness (QED) is 0.784. The maximum atomic E-state index is 12.6. The van der Waals surface area contributed by atoms with Gasteiger partial charge in [-0.15, -0.1) is 0 Å². The average Bonchev–Trinajstić information content (AvgIpc) is 2.46. The van der Waals surface area contributed by atoms with Gasteiger partial charge in [0.15, 0.2) is 0 Å². The lowest BCUT2D eigenvalue weighted by atomic mass is 9.64. The summed E-state index contributed by atoms with van der Waals surface area (Å²) in [6.07, 6.45) is 3.92. The van der Waals surface area contributed by atoms with Crippen LogP contribution in [-0.2, 0) is 9.53 Å². The molecule has 1 aromatic heterocycles. The number of hydrogen-bond donors (Lipinski definition) is 0. The van der Waals surface area contributed by atoms with Gasteiger partial charge in [0.05, 0.1) is 7.11 Å². The van der Waals surface area contributed by atoms with E-state index in [1.165, 1.54) is 7.11 Å². The van der Waals surface area contributed by atoms with Crippen molar-refractivity contribution in [1.82, 2.24) is 9.88 Å². The van der Waals surface area contributed by atoms with Crippen molar-refractivity contribution in [3.8, 4) is 0 Å². The summed E-state index contributed by atoms with van der Waals surface area (Å²) in [7, 11) is 1.38. The molecule has 1 aliphatic carbocycles. The number of esters is 1. The van der Waals surface area contributed by atoms with Crippen LogP contribution in [-0.4, -0.2) is 40.5 Å². The van der Waals surface area contributed by atoms with Crippen molar-refractivity contribution in [2.24, 2.45) is 5.92 Å². The molecule has 1 saturated carbocycles. The number of carbonyl (C=O) groups is 2. The van der Waals surface area contributed by atoms with Crippen molar-refractivity contribution in [3.05, 3.63) is 30.1 Å². The van der Waals surface area contributed by atoms with Crippen LogP contribution in [0.1, 0.15) is 44.1 Å². The molecule has 1 aromatic rings. The molecule has 1 aliphatic heterocycles. The molecular formula is C16H22N2O3. The van der Waals surface area contributed by atoms with Crippen LogP contribution in [0.3, 0.4) is 0 Å². The van der Waals surface area contributed by atoms with Gasteiger partial charge in [-0.2, -0.15) is 0 Å². The molecule has 0 aromatic carbocycles. The van der Waals surface area contributed by atoms with Crippen LogP contribution >= 0.6 is 0 Å². The van der Waals surface area contributed by atoms with Crippen molar-refractivity contribution in [2.75, 3.05) is 7.11 Å². The van der Waals surface area contributed by atoms with Gasteiger partial charge < -0.3 is 9.64 Å². The number of nitrogens with zero attached hydrogens (tertiary/aromatic N) is 2. The minimum atomic E-state index is -0.772. The van der Waals surface area contributed by atoms with Gasteiger partial charge in [-0.1, -0.05) is 20.4 Å². The summed E-state index contributed by atoms with van der Waals surface area (Å²) >= 11 is 0. The lowest BCUT2D eigenvalue weighted by Crippen LogP contribution is -2.75. The van der Waals surface area contributed by atoms with Crippen molar-refractivity contribution >= 4 is 11.9 Å². The summed E-state index contributed by atoms with van der Waals surface area (Å²) in [4.78, 5) is 30.6. The average molecular weight is 290 g/mol. The Hall–Kier alpha value is -1.91. The number of hydrogen-bond acceptors (Lipinski definition) is 4. The molecule has 0 N–H and O–H groups in total. The molecule has 114 valence electrons.